The molecule has 1 saturated heterocycles. The first-order chi connectivity index (χ1) is 16.8. The lowest BCUT2D eigenvalue weighted by Crippen LogP contribution is -2.57. The molecule has 1 aliphatic heterocycles. The van der Waals surface area contributed by atoms with Crippen LogP contribution >= 0.6 is 0 Å². The van der Waals surface area contributed by atoms with Crippen LogP contribution in [0.15, 0.2) is 55.1 Å². The van der Waals surface area contributed by atoms with Gasteiger partial charge in [0.15, 0.2) is 0 Å². The Kier molecular flexibility index (Phi) is 7.24. The van der Waals surface area contributed by atoms with Crippen molar-refractivity contribution in [3.05, 3.63) is 72.3 Å². The number of hydrogen-bond acceptors (Lipinski definition) is 7. The molecule has 186 valence electrons. The third-order valence-corrected chi connectivity index (χ3v) is 6.44. The molecule has 1 fully saturated rings. The topological polar surface area (TPSA) is 125 Å². The summed E-state index contributed by atoms with van der Waals surface area (Å²) in [5.74, 6) is 3.57. The first-order valence-corrected chi connectivity index (χ1v) is 11.2. The summed E-state index contributed by atoms with van der Waals surface area (Å²) in [5, 5.41) is 18.5. The Labute approximate surface area is 201 Å². The van der Waals surface area contributed by atoms with Gasteiger partial charge >= 0.3 is 6.03 Å². The summed E-state index contributed by atoms with van der Waals surface area (Å²) in [5.41, 5.74) is 1.94. The second-order valence-corrected chi connectivity index (χ2v) is 8.49. The zero-order chi connectivity index (χ0) is 25.0. The molecule has 1 aliphatic rings. The van der Waals surface area contributed by atoms with Crippen molar-refractivity contribution in [1.29, 1.82) is 0 Å². The highest BCUT2D eigenvalue weighted by Crippen LogP contribution is 2.33. The van der Waals surface area contributed by atoms with Crippen molar-refractivity contribution in [2.75, 3.05) is 36.4 Å². The van der Waals surface area contributed by atoms with Crippen LogP contribution in [-0.2, 0) is 12.1 Å². The Morgan fingerprint density at radius 3 is 2.49 bits per heavy atom. The number of nitrogens with two attached hydrogens (primary N) is 1. The van der Waals surface area contributed by atoms with Gasteiger partial charge in [0.2, 0.25) is 0 Å². The average molecular weight is 487 g/mol. The van der Waals surface area contributed by atoms with Gasteiger partial charge in [-0.3, -0.25) is 10.3 Å². The van der Waals surface area contributed by atoms with Gasteiger partial charge in [0.05, 0.1) is 6.54 Å². The van der Waals surface area contributed by atoms with Crippen molar-refractivity contribution in [2.45, 2.75) is 25.1 Å². The molecule has 0 radical (unpaired) electrons. The minimum Gasteiger partial charge on any atom is -0.381 e. The molecule has 2 aromatic carbocycles. The van der Waals surface area contributed by atoms with Crippen LogP contribution in [0.1, 0.15) is 12.5 Å². The van der Waals surface area contributed by atoms with E-state index in [0.717, 1.165) is 17.8 Å². The molecule has 0 bridgehead atoms. The largest absolute Gasteiger partial charge is 0.381 e. The lowest BCUT2D eigenvalue weighted by molar-refractivity contribution is -0.0650. The molecule has 2 atom stereocenters. The molecular formula is C23H28F2N8O2. The van der Waals surface area contributed by atoms with Crippen LogP contribution in [0.5, 0.6) is 0 Å². The van der Waals surface area contributed by atoms with Gasteiger partial charge in [-0.1, -0.05) is 6.07 Å². The molecule has 35 heavy (non-hydrogen) atoms. The molecule has 0 spiro atoms. The summed E-state index contributed by atoms with van der Waals surface area (Å²) >= 11 is 0. The zero-order valence-electron chi connectivity index (χ0n) is 19.2. The number of hydrazine groups is 1. The lowest BCUT2D eigenvalue weighted by Gasteiger charge is -2.45. The van der Waals surface area contributed by atoms with Gasteiger partial charge in [-0.05, 0) is 37.3 Å². The van der Waals surface area contributed by atoms with Crippen molar-refractivity contribution in [3.8, 4) is 0 Å². The number of nitrogens with zero attached hydrogens (tertiary/aromatic N) is 5. The highest BCUT2D eigenvalue weighted by Gasteiger charge is 2.42. The molecule has 5 N–H and O–H groups in total. The van der Waals surface area contributed by atoms with E-state index in [4.69, 9.17) is 5.84 Å². The van der Waals surface area contributed by atoms with Crippen molar-refractivity contribution in [3.63, 3.8) is 0 Å². The molecule has 0 aliphatic carbocycles. The summed E-state index contributed by atoms with van der Waals surface area (Å²) in [6.45, 7) is 4.36. The molecule has 2 amide bonds. The van der Waals surface area contributed by atoms with Crippen molar-refractivity contribution in [1.82, 2.24) is 25.1 Å². The van der Waals surface area contributed by atoms with E-state index in [1.807, 2.05) is 24.5 Å². The number of urea groups is 1. The lowest BCUT2D eigenvalue weighted by atomic mass is 9.85. The van der Waals surface area contributed by atoms with Gasteiger partial charge < -0.3 is 15.3 Å². The Bertz CT molecular complexity index is 1140. The van der Waals surface area contributed by atoms with E-state index in [1.54, 1.807) is 12.1 Å². The number of piperazine rings is 1. The fourth-order valence-corrected chi connectivity index (χ4v) is 4.44. The van der Waals surface area contributed by atoms with Crippen LogP contribution in [-0.4, -0.2) is 63.0 Å². The maximum Gasteiger partial charge on any atom is 0.333 e. The molecule has 1 aromatic heterocycles. The number of amides is 2. The monoisotopic (exact) mass is 486 g/mol. The summed E-state index contributed by atoms with van der Waals surface area (Å²) in [6.07, 6.45) is 2.79. The van der Waals surface area contributed by atoms with Gasteiger partial charge in [0, 0.05) is 55.2 Å². The van der Waals surface area contributed by atoms with E-state index in [2.05, 4.69) is 25.2 Å². The Morgan fingerprint density at radius 2 is 1.89 bits per heavy atom. The fourth-order valence-electron chi connectivity index (χ4n) is 4.44. The molecule has 12 heteroatoms. The van der Waals surface area contributed by atoms with Gasteiger partial charge in [-0.25, -0.2) is 29.1 Å². The van der Waals surface area contributed by atoms with E-state index < -0.39 is 29.3 Å². The Balaban J connectivity index is 1.48. The average Bonchev–Trinajstić information content (AvgIpc) is 3.36. The number of benzene rings is 2. The Hall–Kier alpha value is -3.61. The van der Waals surface area contributed by atoms with Gasteiger partial charge in [-0.2, -0.15) is 5.10 Å². The number of anilines is 2. The maximum absolute atomic E-state index is 14.8. The van der Waals surface area contributed by atoms with Gasteiger partial charge in [-0.15, -0.1) is 0 Å². The highest BCUT2D eigenvalue weighted by molar-refractivity contribution is 5.88. The maximum atomic E-state index is 14.8. The zero-order valence-corrected chi connectivity index (χ0v) is 19.2. The number of aromatic nitrogens is 3. The smallest absolute Gasteiger partial charge is 0.333 e. The molecular weight excluding hydrogens is 458 g/mol. The number of carbonyl (C=O) groups excluding carboxylic acids is 1. The van der Waals surface area contributed by atoms with Crippen LogP contribution < -0.4 is 21.5 Å². The van der Waals surface area contributed by atoms with Gasteiger partial charge in [0.25, 0.3) is 0 Å². The van der Waals surface area contributed by atoms with Crippen LogP contribution in [0.3, 0.4) is 0 Å². The number of halogens is 2. The second-order valence-electron chi connectivity index (χ2n) is 8.49. The predicted octanol–water partition coefficient (Wildman–Crippen LogP) is 1.65. The summed E-state index contributed by atoms with van der Waals surface area (Å²) < 4.78 is 29.8. The quantitative estimate of drug-likeness (QED) is 0.227. The first-order valence-electron chi connectivity index (χ1n) is 11.2. The van der Waals surface area contributed by atoms with Crippen molar-refractivity contribution in [2.24, 2.45) is 5.84 Å². The van der Waals surface area contributed by atoms with E-state index in [0.29, 0.717) is 31.9 Å². The van der Waals surface area contributed by atoms with E-state index in [1.165, 1.54) is 23.4 Å². The molecule has 0 saturated carbocycles. The highest BCUT2D eigenvalue weighted by atomic mass is 19.1. The third-order valence-electron chi connectivity index (χ3n) is 6.44. The van der Waals surface area contributed by atoms with Crippen LogP contribution in [0.4, 0.5) is 25.0 Å². The van der Waals surface area contributed by atoms with Crippen LogP contribution in [0, 0.1) is 11.6 Å². The fraction of sp³-hybridized carbons (Fsp3) is 0.348. The number of carbonyl (C=O) groups is 1. The van der Waals surface area contributed by atoms with Crippen LogP contribution in [0.25, 0.3) is 0 Å². The van der Waals surface area contributed by atoms with E-state index in [9.17, 15) is 18.7 Å². The number of aliphatic hydroxyl groups is 1. The summed E-state index contributed by atoms with van der Waals surface area (Å²) in [7, 11) is 0. The third kappa shape index (κ3) is 5.39. The SMILES string of the molecule is CC(N1CCN(c2ccc(NC(=O)NN)cc2)CC1)C(O)(Cn1cncn1)c1ccc(F)cc1F. The molecule has 4 rings (SSSR count). The summed E-state index contributed by atoms with van der Waals surface area (Å²) in [4.78, 5) is 19.5. The van der Waals surface area contributed by atoms with Crippen LogP contribution in [0.2, 0.25) is 0 Å². The number of rotatable bonds is 7. The minimum absolute atomic E-state index is 0.00827. The van der Waals surface area contributed by atoms with Crippen molar-refractivity contribution < 1.29 is 18.7 Å². The molecule has 3 aromatic rings. The van der Waals surface area contributed by atoms with Gasteiger partial charge in [0.1, 0.15) is 29.9 Å². The predicted molar refractivity (Wildman–Crippen MR) is 126 cm³/mol. The van der Waals surface area contributed by atoms with E-state index in [-0.39, 0.29) is 12.1 Å². The number of nitrogens with one attached hydrogen (secondary N) is 2. The molecule has 10 nitrogen and oxygen atoms in total. The molecule has 2 unspecified atom stereocenters. The molecule has 2 heterocycles. The first kappa shape index (κ1) is 24.5. The number of hydrogen-bond donors (Lipinski definition) is 4. The van der Waals surface area contributed by atoms with Crippen molar-refractivity contribution >= 4 is 17.4 Å². The Morgan fingerprint density at radius 1 is 1.17 bits per heavy atom. The summed E-state index contributed by atoms with van der Waals surface area (Å²) in [6, 6.07) is 9.58. The second kappa shape index (κ2) is 10.3. The minimum atomic E-state index is -1.68. The standard InChI is InChI=1S/C23H28F2N8O2/c1-16(23(35,13-33-15-27-14-28-33)20-7-2-17(24)12-21(20)25)31-8-10-32(11-9-31)19-5-3-18(4-6-19)29-22(34)30-26/h2-7,12,14-16,35H,8-11,13,26H2,1H3,(H2,29,30,34). The normalized spacial score (nSPS) is 17.0. The van der Waals surface area contributed by atoms with E-state index >= 15 is 0 Å².